The Hall–Kier alpha value is -1.68. The van der Waals surface area contributed by atoms with Crippen molar-refractivity contribution in [2.75, 3.05) is 31.6 Å². The summed E-state index contributed by atoms with van der Waals surface area (Å²) < 4.78 is 0. The number of hydrogen-bond donors (Lipinski definition) is 2. The summed E-state index contributed by atoms with van der Waals surface area (Å²) in [7, 11) is 0. The maximum Gasteiger partial charge on any atom is 0.239 e. The van der Waals surface area contributed by atoms with E-state index in [9.17, 15) is 4.79 Å². The van der Waals surface area contributed by atoms with Gasteiger partial charge in [-0.3, -0.25) is 9.69 Å². The van der Waals surface area contributed by atoms with Gasteiger partial charge in [-0.15, -0.1) is 17.9 Å². The molecular weight excluding hydrogens is 274 g/mol. The summed E-state index contributed by atoms with van der Waals surface area (Å²) in [4.78, 5) is 14.8. The minimum Gasteiger partial charge on any atom is -0.395 e. The van der Waals surface area contributed by atoms with Crippen molar-refractivity contribution >= 4 is 22.2 Å². The summed E-state index contributed by atoms with van der Waals surface area (Å²) in [5.74, 6) is -0.196. The van der Waals surface area contributed by atoms with Crippen molar-refractivity contribution < 1.29 is 9.90 Å². The molecule has 0 aliphatic carbocycles. The second kappa shape index (κ2) is 7.80. The summed E-state index contributed by atoms with van der Waals surface area (Å²) in [6.07, 6.45) is 1.68. The third-order valence-corrected chi connectivity index (χ3v) is 4.04. The first kappa shape index (κ1) is 16.4. The molecule has 1 aromatic heterocycles. The highest BCUT2D eigenvalue weighted by Gasteiger charge is 2.16. The molecule has 1 amide bonds. The molecule has 0 unspecified atom stereocenters. The molecule has 2 N–H and O–H groups in total. The van der Waals surface area contributed by atoms with Crippen LogP contribution in [-0.4, -0.2) is 42.2 Å². The van der Waals surface area contributed by atoms with Gasteiger partial charge in [-0.05, 0) is 19.4 Å². The Kier molecular flexibility index (Phi) is 6.39. The molecule has 0 saturated carbocycles. The highest BCUT2D eigenvalue weighted by atomic mass is 32.1. The quantitative estimate of drug-likeness (QED) is 0.750. The van der Waals surface area contributed by atoms with Crippen molar-refractivity contribution in [3.05, 3.63) is 28.7 Å². The Bertz CT molecular complexity index is 531. The van der Waals surface area contributed by atoms with Crippen LogP contribution in [0.15, 0.2) is 12.7 Å². The predicted octanol–water partition coefficient (Wildman–Crippen LogP) is 1.66. The van der Waals surface area contributed by atoms with Crippen molar-refractivity contribution in [3.8, 4) is 6.07 Å². The zero-order valence-corrected chi connectivity index (χ0v) is 12.6. The molecule has 0 aliphatic rings. The first-order chi connectivity index (χ1) is 9.53. The van der Waals surface area contributed by atoms with Gasteiger partial charge in [0.15, 0.2) is 0 Å². The third kappa shape index (κ3) is 4.17. The lowest BCUT2D eigenvalue weighted by Crippen LogP contribution is -2.35. The van der Waals surface area contributed by atoms with Gasteiger partial charge in [0.25, 0.3) is 0 Å². The van der Waals surface area contributed by atoms with E-state index in [-0.39, 0.29) is 19.1 Å². The van der Waals surface area contributed by atoms with Crippen LogP contribution in [0.5, 0.6) is 0 Å². The standard InChI is InChI=1S/C14H19N3O2S/c1-4-5-17(6-7-18)9-13(19)16-14-12(8-15)10(2)11(3)20-14/h4,18H,1,5-7,9H2,2-3H3,(H,16,19). The fourth-order valence-electron chi connectivity index (χ4n) is 1.78. The number of carbonyl (C=O) groups excluding carboxylic acids is 1. The SMILES string of the molecule is C=CCN(CCO)CC(=O)Nc1sc(C)c(C)c1C#N. The molecule has 0 radical (unpaired) electrons. The summed E-state index contributed by atoms with van der Waals surface area (Å²) >= 11 is 1.41. The van der Waals surface area contributed by atoms with Crippen LogP contribution >= 0.6 is 11.3 Å². The smallest absolute Gasteiger partial charge is 0.239 e. The van der Waals surface area contributed by atoms with Crippen molar-refractivity contribution in [2.24, 2.45) is 0 Å². The Morgan fingerprint density at radius 1 is 1.60 bits per heavy atom. The molecule has 0 aromatic carbocycles. The second-order valence-electron chi connectivity index (χ2n) is 4.39. The van der Waals surface area contributed by atoms with E-state index in [0.29, 0.717) is 23.7 Å². The van der Waals surface area contributed by atoms with Crippen LogP contribution in [0.1, 0.15) is 16.0 Å². The molecule has 0 saturated heterocycles. The number of nitriles is 1. The maximum absolute atomic E-state index is 12.0. The van der Waals surface area contributed by atoms with E-state index in [0.717, 1.165) is 10.4 Å². The van der Waals surface area contributed by atoms with Gasteiger partial charge in [-0.2, -0.15) is 5.26 Å². The molecule has 0 fully saturated rings. The topological polar surface area (TPSA) is 76.4 Å². The van der Waals surface area contributed by atoms with Crippen molar-refractivity contribution in [1.82, 2.24) is 4.90 Å². The van der Waals surface area contributed by atoms with Crippen LogP contribution in [0.3, 0.4) is 0 Å². The van der Waals surface area contributed by atoms with E-state index in [4.69, 9.17) is 10.4 Å². The largest absolute Gasteiger partial charge is 0.395 e. The lowest BCUT2D eigenvalue weighted by atomic mass is 10.2. The number of thiophene rings is 1. The van der Waals surface area contributed by atoms with E-state index in [1.165, 1.54) is 11.3 Å². The number of rotatable bonds is 7. The molecule has 20 heavy (non-hydrogen) atoms. The number of hydrogen-bond acceptors (Lipinski definition) is 5. The molecule has 0 spiro atoms. The summed E-state index contributed by atoms with van der Waals surface area (Å²) in [6.45, 7) is 8.50. The predicted molar refractivity (Wildman–Crippen MR) is 80.9 cm³/mol. The van der Waals surface area contributed by atoms with E-state index < -0.39 is 0 Å². The number of nitrogens with zero attached hydrogens (tertiary/aromatic N) is 2. The van der Waals surface area contributed by atoms with E-state index in [1.807, 2.05) is 13.8 Å². The first-order valence-corrected chi connectivity index (χ1v) is 7.09. The normalized spacial score (nSPS) is 10.3. The van der Waals surface area contributed by atoms with Crippen molar-refractivity contribution in [2.45, 2.75) is 13.8 Å². The fourth-order valence-corrected chi connectivity index (χ4v) is 2.80. The van der Waals surface area contributed by atoms with Crippen LogP contribution < -0.4 is 5.32 Å². The maximum atomic E-state index is 12.0. The summed E-state index contributed by atoms with van der Waals surface area (Å²) in [6, 6.07) is 2.12. The second-order valence-corrected chi connectivity index (χ2v) is 5.62. The van der Waals surface area contributed by atoms with E-state index in [2.05, 4.69) is 18.0 Å². The number of aliphatic hydroxyl groups is 1. The zero-order chi connectivity index (χ0) is 15.1. The highest BCUT2D eigenvalue weighted by molar-refractivity contribution is 7.16. The summed E-state index contributed by atoms with van der Waals surface area (Å²) in [5, 5.41) is 21.4. The first-order valence-electron chi connectivity index (χ1n) is 6.27. The zero-order valence-electron chi connectivity index (χ0n) is 11.8. The number of nitrogens with one attached hydrogen (secondary N) is 1. The Morgan fingerprint density at radius 2 is 2.30 bits per heavy atom. The van der Waals surface area contributed by atoms with Gasteiger partial charge in [-0.25, -0.2) is 0 Å². The van der Waals surface area contributed by atoms with Gasteiger partial charge < -0.3 is 10.4 Å². The average molecular weight is 293 g/mol. The van der Waals surface area contributed by atoms with Crippen molar-refractivity contribution in [3.63, 3.8) is 0 Å². The van der Waals surface area contributed by atoms with Crippen LogP contribution in [0.2, 0.25) is 0 Å². The fraction of sp³-hybridized carbons (Fsp3) is 0.429. The minimum atomic E-state index is -0.196. The van der Waals surface area contributed by atoms with Gasteiger partial charge in [0.1, 0.15) is 11.1 Å². The van der Waals surface area contributed by atoms with Crippen LogP contribution in [0, 0.1) is 25.2 Å². The van der Waals surface area contributed by atoms with Crippen LogP contribution in [-0.2, 0) is 4.79 Å². The van der Waals surface area contributed by atoms with Gasteiger partial charge in [0.2, 0.25) is 5.91 Å². The number of aliphatic hydroxyl groups excluding tert-OH is 1. The van der Waals surface area contributed by atoms with E-state index in [1.54, 1.807) is 11.0 Å². The molecule has 1 rings (SSSR count). The molecule has 6 heteroatoms. The Morgan fingerprint density at radius 3 is 2.85 bits per heavy atom. The van der Waals surface area contributed by atoms with Crippen LogP contribution in [0.25, 0.3) is 0 Å². The Balaban J connectivity index is 2.73. The number of carbonyl (C=O) groups is 1. The number of anilines is 1. The summed E-state index contributed by atoms with van der Waals surface area (Å²) in [5.41, 5.74) is 1.43. The lowest BCUT2D eigenvalue weighted by molar-refractivity contribution is -0.117. The van der Waals surface area contributed by atoms with Gasteiger partial charge in [-0.1, -0.05) is 6.08 Å². The molecule has 0 bridgehead atoms. The van der Waals surface area contributed by atoms with Gasteiger partial charge in [0.05, 0.1) is 18.7 Å². The third-order valence-electron chi connectivity index (χ3n) is 2.92. The highest BCUT2D eigenvalue weighted by Crippen LogP contribution is 2.31. The molecular formula is C14H19N3O2S. The lowest BCUT2D eigenvalue weighted by Gasteiger charge is -2.18. The molecule has 0 aliphatic heterocycles. The monoisotopic (exact) mass is 293 g/mol. The molecule has 108 valence electrons. The van der Waals surface area contributed by atoms with Gasteiger partial charge >= 0.3 is 0 Å². The number of aryl methyl sites for hydroxylation is 1. The molecule has 5 nitrogen and oxygen atoms in total. The molecule has 0 atom stereocenters. The van der Waals surface area contributed by atoms with E-state index >= 15 is 0 Å². The van der Waals surface area contributed by atoms with Crippen molar-refractivity contribution in [1.29, 1.82) is 5.26 Å². The van der Waals surface area contributed by atoms with Gasteiger partial charge in [0, 0.05) is 18.0 Å². The molecule has 1 heterocycles. The Labute approximate surface area is 123 Å². The minimum absolute atomic E-state index is 0.0121. The van der Waals surface area contributed by atoms with Crippen LogP contribution in [0.4, 0.5) is 5.00 Å². The molecule has 1 aromatic rings. The number of amides is 1. The average Bonchev–Trinajstić information content (AvgIpc) is 2.64.